The summed E-state index contributed by atoms with van der Waals surface area (Å²) >= 11 is 0. The first kappa shape index (κ1) is 17.5. The summed E-state index contributed by atoms with van der Waals surface area (Å²) < 4.78 is 5.32. The van der Waals surface area contributed by atoms with Crippen molar-refractivity contribution in [2.24, 2.45) is 0 Å². The lowest BCUT2D eigenvalue weighted by atomic mass is 10.2. The van der Waals surface area contributed by atoms with Crippen LogP contribution in [0.2, 0.25) is 0 Å². The average molecular weight is 341 g/mol. The Kier molecular flexibility index (Phi) is 5.38. The topological polar surface area (TPSA) is 44.7 Å². The number of aromatic nitrogens is 2. The Morgan fingerprint density at radius 1 is 1.08 bits per heavy atom. The number of hydrogen-bond acceptors (Lipinski definition) is 6. The second-order valence-corrected chi connectivity index (χ2v) is 6.68. The van der Waals surface area contributed by atoms with Crippen LogP contribution in [0.5, 0.6) is 5.75 Å². The van der Waals surface area contributed by atoms with Crippen LogP contribution in [0.4, 0.5) is 11.8 Å². The van der Waals surface area contributed by atoms with Crippen molar-refractivity contribution in [1.29, 1.82) is 0 Å². The van der Waals surface area contributed by atoms with Gasteiger partial charge in [0.2, 0.25) is 5.95 Å². The molecule has 1 aromatic heterocycles. The minimum Gasteiger partial charge on any atom is -0.497 e. The predicted molar refractivity (Wildman–Crippen MR) is 102 cm³/mol. The normalized spacial score (nSPS) is 15.3. The van der Waals surface area contributed by atoms with Crippen LogP contribution in [-0.4, -0.2) is 62.3 Å². The van der Waals surface area contributed by atoms with Crippen LogP contribution in [0.1, 0.15) is 11.3 Å². The highest BCUT2D eigenvalue weighted by Crippen LogP contribution is 2.20. The van der Waals surface area contributed by atoms with Gasteiger partial charge in [-0.05, 0) is 24.6 Å². The molecule has 2 aromatic rings. The molecule has 0 saturated carbocycles. The van der Waals surface area contributed by atoms with Crippen LogP contribution in [0.15, 0.2) is 30.3 Å². The van der Waals surface area contributed by atoms with Crippen molar-refractivity contribution in [2.45, 2.75) is 13.5 Å². The number of ether oxygens (including phenoxy) is 1. The van der Waals surface area contributed by atoms with Gasteiger partial charge in [-0.15, -0.1) is 0 Å². The van der Waals surface area contributed by atoms with Crippen molar-refractivity contribution < 1.29 is 4.74 Å². The van der Waals surface area contributed by atoms with Crippen molar-refractivity contribution in [3.63, 3.8) is 0 Å². The molecule has 6 nitrogen and oxygen atoms in total. The molecule has 0 N–H and O–H groups in total. The van der Waals surface area contributed by atoms with Crippen molar-refractivity contribution in [3.05, 3.63) is 41.6 Å². The van der Waals surface area contributed by atoms with Crippen LogP contribution in [0.3, 0.4) is 0 Å². The second-order valence-electron chi connectivity index (χ2n) is 6.68. The Hall–Kier alpha value is -2.34. The first-order valence-corrected chi connectivity index (χ1v) is 8.68. The van der Waals surface area contributed by atoms with Gasteiger partial charge in [-0.2, -0.15) is 4.98 Å². The summed E-state index contributed by atoms with van der Waals surface area (Å²) in [6, 6.07) is 10.4. The third-order valence-corrected chi connectivity index (χ3v) is 4.47. The van der Waals surface area contributed by atoms with Crippen molar-refractivity contribution in [2.75, 3.05) is 57.2 Å². The number of methoxy groups -OCH3 is 1. The van der Waals surface area contributed by atoms with E-state index >= 15 is 0 Å². The third-order valence-electron chi connectivity index (χ3n) is 4.47. The maximum Gasteiger partial charge on any atom is 0.226 e. The lowest BCUT2D eigenvalue weighted by Crippen LogP contribution is -2.46. The van der Waals surface area contributed by atoms with Crippen molar-refractivity contribution >= 4 is 11.8 Å². The first-order chi connectivity index (χ1) is 12.0. The van der Waals surface area contributed by atoms with Gasteiger partial charge in [-0.1, -0.05) is 12.1 Å². The molecule has 0 atom stereocenters. The summed E-state index contributed by atoms with van der Waals surface area (Å²) in [5.74, 6) is 2.72. The van der Waals surface area contributed by atoms with E-state index in [1.165, 1.54) is 5.56 Å². The van der Waals surface area contributed by atoms with Crippen LogP contribution in [-0.2, 0) is 6.54 Å². The Morgan fingerprint density at radius 3 is 2.52 bits per heavy atom. The number of hydrogen-bond donors (Lipinski definition) is 0. The zero-order valence-electron chi connectivity index (χ0n) is 15.6. The second kappa shape index (κ2) is 7.70. The predicted octanol–water partition coefficient (Wildman–Crippen LogP) is 2.18. The smallest absolute Gasteiger partial charge is 0.226 e. The van der Waals surface area contributed by atoms with Crippen LogP contribution >= 0.6 is 0 Å². The molecule has 0 bridgehead atoms. The van der Waals surface area contributed by atoms with E-state index in [0.29, 0.717) is 0 Å². The SMILES string of the molecule is COc1cccc(CN2CCN(c3cc(C)nc(N(C)C)n3)CC2)c1. The van der Waals surface area contributed by atoms with Crippen molar-refractivity contribution in [1.82, 2.24) is 14.9 Å². The highest BCUT2D eigenvalue weighted by Gasteiger charge is 2.19. The molecule has 0 radical (unpaired) electrons. The molecule has 1 aromatic carbocycles. The highest BCUT2D eigenvalue weighted by molar-refractivity contribution is 5.45. The molecule has 1 saturated heterocycles. The molecule has 25 heavy (non-hydrogen) atoms. The summed E-state index contributed by atoms with van der Waals surface area (Å²) in [4.78, 5) is 16.0. The van der Waals surface area contributed by atoms with Crippen LogP contribution in [0.25, 0.3) is 0 Å². The quantitative estimate of drug-likeness (QED) is 0.831. The molecule has 0 unspecified atom stereocenters. The highest BCUT2D eigenvalue weighted by atomic mass is 16.5. The van der Waals surface area contributed by atoms with E-state index in [9.17, 15) is 0 Å². The molecule has 134 valence electrons. The molecular formula is C19H27N5O. The Balaban J connectivity index is 1.62. The van der Waals surface area contributed by atoms with E-state index in [1.807, 2.05) is 32.0 Å². The van der Waals surface area contributed by atoms with Gasteiger partial charge in [0.1, 0.15) is 11.6 Å². The number of anilines is 2. The van der Waals surface area contributed by atoms with Gasteiger partial charge < -0.3 is 14.5 Å². The first-order valence-electron chi connectivity index (χ1n) is 8.68. The van der Waals surface area contributed by atoms with E-state index in [1.54, 1.807) is 7.11 Å². The molecule has 1 fully saturated rings. The lowest BCUT2D eigenvalue weighted by molar-refractivity contribution is 0.249. The largest absolute Gasteiger partial charge is 0.497 e. The van der Waals surface area contributed by atoms with Gasteiger partial charge in [0, 0.05) is 58.6 Å². The molecule has 0 spiro atoms. The van der Waals surface area contributed by atoms with E-state index < -0.39 is 0 Å². The number of benzene rings is 1. The zero-order valence-corrected chi connectivity index (χ0v) is 15.6. The molecule has 1 aliphatic heterocycles. The molecule has 0 amide bonds. The maximum absolute atomic E-state index is 5.32. The Bertz CT molecular complexity index is 711. The maximum atomic E-state index is 5.32. The molecule has 1 aliphatic rings. The number of rotatable bonds is 5. The van der Waals surface area contributed by atoms with E-state index in [4.69, 9.17) is 9.72 Å². The minimum absolute atomic E-state index is 0.772. The fourth-order valence-corrected chi connectivity index (χ4v) is 3.06. The minimum atomic E-state index is 0.772. The molecule has 3 rings (SSSR count). The third kappa shape index (κ3) is 4.39. The number of piperazine rings is 1. The van der Waals surface area contributed by atoms with E-state index in [2.05, 4.69) is 39.0 Å². The summed E-state index contributed by atoms with van der Waals surface area (Å²) in [5.41, 5.74) is 2.30. The fraction of sp³-hybridized carbons (Fsp3) is 0.474. The molecular weight excluding hydrogens is 314 g/mol. The van der Waals surface area contributed by atoms with Crippen LogP contribution < -0.4 is 14.5 Å². The summed E-state index contributed by atoms with van der Waals surface area (Å²) in [6.45, 7) is 6.99. The molecule has 2 heterocycles. The number of nitrogens with zero attached hydrogens (tertiary/aromatic N) is 5. The summed E-state index contributed by atoms with van der Waals surface area (Å²) in [5, 5.41) is 0. The molecule has 0 aliphatic carbocycles. The van der Waals surface area contributed by atoms with Gasteiger partial charge in [0.05, 0.1) is 7.11 Å². The summed E-state index contributed by atoms with van der Waals surface area (Å²) in [7, 11) is 5.67. The van der Waals surface area contributed by atoms with Gasteiger partial charge in [0.25, 0.3) is 0 Å². The summed E-state index contributed by atoms with van der Waals surface area (Å²) in [6.07, 6.45) is 0. The van der Waals surface area contributed by atoms with Gasteiger partial charge in [-0.25, -0.2) is 4.98 Å². The Morgan fingerprint density at radius 2 is 1.84 bits per heavy atom. The van der Waals surface area contributed by atoms with Gasteiger partial charge in [0.15, 0.2) is 0 Å². The van der Waals surface area contributed by atoms with E-state index in [-0.39, 0.29) is 0 Å². The van der Waals surface area contributed by atoms with Crippen LogP contribution in [0, 0.1) is 6.92 Å². The van der Waals surface area contributed by atoms with E-state index in [0.717, 1.165) is 55.9 Å². The zero-order chi connectivity index (χ0) is 17.8. The monoisotopic (exact) mass is 341 g/mol. The van der Waals surface area contributed by atoms with Crippen molar-refractivity contribution in [3.8, 4) is 5.75 Å². The molecule has 6 heteroatoms. The van der Waals surface area contributed by atoms with Gasteiger partial charge >= 0.3 is 0 Å². The lowest BCUT2D eigenvalue weighted by Gasteiger charge is -2.35. The number of aryl methyl sites for hydroxylation is 1. The average Bonchev–Trinajstić information content (AvgIpc) is 2.62. The fourth-order valence-electron chi connectivity index (χ4n) is 3.06. The Labute approximate surface area is 150 Å². The standard InChI is InChI=1S/C19H27N5O/c1-15-12-18(21-19(20-15)22(2)3)24-10-8-23(9-11-24)14-16-6-5-7-17(13-16)25-4/h5-7,12-13H,8-11,14H2,1-4H3. The van der Waals surface area contributed by atoms with Gasteiger partial charge in [-0.3, -0.25) is 4.90 Å².